The van der Waals surface area contributed by atoms with E-state index in [-0.39, 0.29) is 0 Å². The average Bonchev–Trinajstić information content (AvgIpc) is 2.37. The van der Waals surface area contributed by atoms with Gasteiger partial charge in [-0.25, -0.2) is 4.98 Å². The molecular formula is C7H12ClN3. The second kappa shape index (κ2) is 3.74. The molecule has 1 aromatic heterocycles. The molecule has 1 N–H and O–H groups in total. The molecule has 1 aromatic rings. The summed E-state index contributed by atoms with van der Waals surface area (Å²) in [6.45, 7) is 2.95. The lowest BCUT2D eigenvalue weighted by Gasteiger charge is -2.10. The van der Waals surface area contributed by atoms with Crippen molar-refractivity contribution in [2.45, 2.75) is 19.5 Å². The zero-order valence-electron chi connectivity index (χ0n) is 6.71. The smallest absolute Gasteiger partial charge is 0.202 e. The highest BCUT2D eigenvalue weighted by molar-refractivity contribution is 6.28. The van der Waals surface area contributed by atoms with Gasteiger partial charge in [0, 0.05) is 25.0 Å². The summed E-state index contributed by atoms with van der Waals surface area (Å²) >= 11 is 5.76. The lowest BCUT2D eigenvalue weighted by molar-refractivity contribution is 0.515. The molecule has 0 fully saturated rings. The highest BCUT2D eigenvalue weighted by atomic mass is 35.5. The number of imidazole rings is 1. The van der Waals surface area contributed by atoms with Crippen molar-refractivity contribution >= 4 is 11.6 Å². The molecule has 0 amide bonds. The standard InChI is InChI=1S/C7H12ClN3/c1-6(9-2)5-11-4-3-10-7(11)8/h3-4,6,9H,5H2,1-2H3. The third-order valence-corrected chi connectivity index (χ3v) is 1.94. The monoisotopic (exact) mass is 173 g/mol. The highest BCUT2D eigenvalue weighted by Gasteiger charge is 2.02. The molecule has 0 saturated carbocycles. The van der Waals surface area contributed by atoms with Crippen LogP contribution in [0.1, 0.15) is 6.92 Å². The number of hydrogen-bond acceptors (Lipinski definition) is 2. The van der Waals surface area contributed by atoms with Gasteiger partial charge in [0.05, 0.1) is 0 Å². The fourth-order valence-electron chi connectivity index (χ4n) is 0.833. The van der Waals surface area contributed by atoms with Crippen molar-refractivity contribution in [2.75, 3.05) is 7.05 Å². The number of likely N-dealkylation sites (N-methyl/N-ethyl adjacent to an activating group) is 1. The second-order valence-corrected chi connectivity index (χ2v) is 2.88. The van der Waals surface area contributed by atoms with E-state index in [0.717, 1.165) is 6.54 Å². The maximum absolute atomic E-state index is 5.76. The van der Waals surface area contributed by atoms with Gasteiger partial charge in [0.2, 0.25) is 5.28 Å². The van der Waals surface area contributed by atoms with Crippen LogP contribution in [0.2, 0.25) is 5.28 Å². The number of hydrogen-bond donors (Lipinski definition) is 1. The third kappa shape index (κ3) is 2.20. The molecule has 0 spiro atoms. The van der Waals surface area contributed by atoms with E-state index >= 15 is 0 Å². The lowest BCUT2D eigenvalue weighted by Crippen LogP contribution is -2.26. The van der Waals surface area contributed by atoms with Crippen molar-refractivity contribution < 1.29 is 0 Å². The van der Waals surface area contributed by atoms with E-state index in [1.165, 1.54) is 0 Å². The first kappa shape index (κ1) is 8.56. The normalized spacial score (nSPS) is 13.4. The van der Waals surface area contributed by atoms with Crippen LogP contribution < -0.4 is 5.32 Å². The van der Waals surface area contributed by atoms with Gasteiger partial charge in [-0.15, -0.1) is 0 Å². The Balaban J connectivity index is 2.56. The number of nitrogens with one attached hydrogen (secondary N) is 1. The Morgan fingerprint density at radius 1 is 1.82 bits per heavy atom. The minimum absolute atomic E-state index is 0.418. The molecule has 4 heteroatoms. The maximum atomic E-state index is 5.76. The van der Waals surface area contributed by atoms with Crippen LogP contribution in [0.3, 0.4) is 0 Å². The summed E-state index contributed by atoms with van der Waals surface area (Å²) in [6.07, 6.45) is 3.57. The Morgan fingerprint density at radius 3 is 3.00 bits per heavy atom. The fraction of sp³-hybridized carbons (Fsp3) is 0.571. The van der Waals surface area contributed by atoms with E-state index in [4.69, 9.17) is 11.6 Å². The van der Waals surface area contributed by atoms with Crippen LogP contribution in [0.4, 0.5) is 0 Å². The third-order valence-electron chi connectivity index (χ3n) is 1.63. The van der Waals surface area contributed by atoms with Gasteiger partial charge >= 0.3 is 0 Å². The molecule has 0 saturated heterocycles. The summed E-state index contributed by atoms with van der Waals surface area (Å²) in [7, 11) is 1.93. The van der Waals surface area contributed by atoms with Crippen molar-refractivity contribution in [1.29, 1.82) is 0 Å². The van der Waals surface area contributed by atoms with E-state index < -0.39 is 0 Å². The quantitative estimate of drug-likeness (QED) is 0.743. The van der Waals surface area contributed by atoms with E-state index in [0.29, 0.717) is 11.3 Å². The van der Waals surface area contributed by atoms with Crippen LogP contribution >= 0.6 is 11.6 Å². The van der Waals surface area contributed by atoms with Crippen molar-refractivity contribution in [3.8, 4) is 0 Å². The Bertz CT molecular complexity index is 221. The van der Waals surface area contributed by atoms with Gasteiger partial charge in [0.1, 0.15) is 0 Å². The summed E-state index contributed by atoms with van der Waals surface area (Å²) in [5, 5.41) is 3.67. The van der Waals surface area contributed by atoms with Gasteiger partial charge < -0.3 is 9.88 Å². The summed E-state index contributed by atoms with van der Waals surface area (Å²) in [4.78, 5) is 3.90. The first-order valence-electron chi connectivity index (χ1n) is 3.58. The van der Waals surface area contributed by atoms with Crippen LogP contribution in [0.15, 0.2) is 12.4 Å². The van der Waals surface area contributed by atoms with Crippen LogP contribution in [-0.4, -0.2) is 22.6 Å². The largest absolute Gasteiger partial charge is 0.320 e. The molecule has 1 heterocycles. The maximum Gasteiger partial charge on any atom is 0.202 e. The van der Waals surface area contributed by atoms with Crippen LogP contribution in [0.25, 0.3) is 0 Å². The van der Waals surface area contributed by atoms with Gasteiger partial charge in [-0.05, 0) is 25.6 Å². The Hall–Kier alpha value is -0.540. The summed E-state index contributed by atoms with van der Waals surface area (Å²) in [6, 6.07) is 0.418. The van der Waals surface area contributed by atoms with E-state index in [2.05, 4.69) is 17.2 Å². The molecule has 0 aromatic carbocycles. The van der Waals surface area contributed by atoms with E-state index in [1.54, 1.807) is 6.20 Å². The molecule has 0 radical (unpaired) electrons. The Kier molecular flexibility index (Phi) is 2.91. The minimum atomic E-state index is 0.418. The SMILES string of the molecule is CNC(C)Cn1ccnc1Cl. The Labute approximate surface area is 71.4 Å². The molecular weight excluding hydrogens is 162 g/mol. The lowest BCUT2D eigenvalue weighted by atomic mass is 10.3. The highest BCUT2D eigenvalue weighted by Crippen LogP contribution is 2.04. The predicted molar refractivity (Wildman–Crippen MR) is 45.8 cm³/mol. The van der Waals surface area contributed by atoms with Gasteiger partial charge in [-0.3, -0.25) is 0 Å². The van der Waals surface area contributed by atoms with Crippen molar-refractivity contribution in [3.05, 3.63) is 17.7 Å². The molecule has 0 bridgehead atoms. The van der Waals surface area contributed by atoms with Crippen LogP contribution in [-0.2, 0) is 6.54 Å². The zero-order valence-corrected chi connectivity index (χ0v) is 7.47. The molecule has 0 aliphatic carbocycles. The van der Waals surface area contributed by atoms with Gasteiger partial charge in [-0.1, -0.05) is 0 Å². The van der Waals surface area contributed by atoms with E-state index in [9.17, 15) is 0 Å². The summed E-state index contributed by atoms with van der Waals surface area (Å²) in [5.41, 5.74) is 0. The van der Waals surface area contributed by atoms with Gasteiger partial charge in [-0.2, -0.15) is 0 Å². The number of aromatic nitrogens is 2. The van der Waals surface area contributed by atoms with Crippen LogP contribution in [0.5, 0.6) is 0 Å². The number of halogens is 1. The second-order valence-electron chi connectivity index (χ2n) is 2.54. The average molecular weight is 174 g/mol. The summed E-state index contributed by atoms with van der Waals surface area (Å²) in [5.74, 6) is 0. The molecule has 1 atom stereocenters. The molecule has 1 rings (SSSR count). The number of nitrogens with zero attached hydrogens (tertiary/aromatic N) is 2. The van der Waals surface area contributed by atoms with E-state index in [1.807, 2.05) is 17.8 Å². The van der Waals surface area contributed by atoms with Crippen molar-refractivity contribution in [3.63, 3.8) is 0 Å². The zero-order chi connectivity index (χ0) is 8.27. The van der Waals surface area contributed by atoms with Crippen molar-refractivity contribution in [1.82, 2.24) is 14.9 Å². The molecule has 3 nitrogen and oxygen atoms in total. The van der Waals surface area contributed by atoms with Crippen LogP contribution in [0, 0.1) is 0 Å². The topological polar surface area (TPSA) is 29.9 Å². The molecule has 0 aliphatic heterocycles. The molecule has 0 aliphatic rings. The Morgan fingerprint density at radius 2 is 2.55 bits per heavy atom. The number of rotatable bonds is 3. The first-order valence-corrected chi connectivity index (χ1v) is 3.95. The van der Waals surface area contributed by atoms with Gasteiger partial charge in [0.25, 0.3) is 0 Å². The van der Waals surface area contributed by atoms with Gasteiger partial charge in [0.15, 0.2) is 0 Å². The fourth-order valence-corrected chi connectivity index (χ4v) is 1.02. The minimum Gasteiger partial charge on any atom is -0.320 e. The predicted octanol–water partition coefficient (Wildman–Crippen LogP) is 1.14. The molecule has 62 valence electrons. The van der Waals surface area contributed by atoms with Crippen molar-refractivity contribution in [2.24, 2.45) is 0 Å². The molecule has 1 unspecified atom stereocenters. The summed E-state index contributed by atoms with van der Waals surface area (Å²) < 4.78 is 1.91. The first-order chi connectivity index (χ1) is 5.24. The molecule has 11 heavy (non-hydrogen) atoms.